The highest BCUT2D eigenvalue weighted by atomic mass is 19.1. The molecule has 0 bridgehead atoms. The SMILES string of the molecule is CCc1ccc(C(=O)c2ccc(F)c(N)c2)cc1. The molecule has 0 aliphatic carbocycles. The standard InChI is InChI=1S/C15H14FNO/c1-2-10-3-5-11(6-4-10)15(18)12-7-8-13(16)14(17)9-12/h3-9H,2,17H2,1H3. The quantitative estimate of drug-likeness (QED) is 0.664. The van der Waals surface area contributed by atoms with E-state index >= 15 is 0 Å². The van der Waals surface area contributed by atoms with Gasteiger partial charge in [-0.25, -0.2) is 4.39 Å². The minimum absolute atomic E-state index is 0.00831. The topological polar surface area (TPSA) is 43.1 Å². The summed E-state index contributed by atoms with van der Waals surface area (Å²) in [4.78, 5) is 12.1. The number of carbonyl (C=O) groups excluding carboxylic acids is 1. The molecule has 2 rings (SSSR count). The Hall–Kier alpha value is -2.16. The zero-order valence-electron chi connectivity index (χ0n) is 10.1. The van der Waals surface area contributed by atoms with E-state index in [1.165, 1.54) is 23.8 Å². The smallest absolute Gasteiger partial charge is 0.193 e. The van der Waals surface area contributed by atoms with Crippen molar-refractivity contribution in [3.8, 4) is 0 Å². The Bertz CT molecular complexity index is 576. The summed E-state index contributed by atoms with van der Waals surface area (Å²) in [5.41, 5.74) is 7.60. The Morgan fingerprint density at radius 1 is 1.11 bits per heavy atom. The largest absolute Gasteiger partial charge is 0.396 e. The highest BCUT2D eigenvalue weighted by molar-refractivity contribution is 6.09. The molecule has 0 atom stereocenters. The van der Waals surface area contributed by atoms with Crippen LogP contribution >= 0.6 is 0 Å². The second-order valence-corrected chi connectivity index (χ2v) is 4.12. The lowest BCUT2D eigenvalue weighted by Crippen LogP contribution is -2.03. The van der Waals surface area contributed by atoms with Gasteiger partial charge in [-0.15, -0.1) is 0 Å². The van der Waals surface area contributed by atoms with Crippen LogP contribution in [0.5, 0.6) is 0 Å². The molecule has 2 aromatic carbocycles. The molecule has 0 aromatic heterocycles. The predicted molar refractivity (Wildman–Crippen MR) is 70.1 cm³/mol. The molecule has 0 radical (unpaired) electrons. The van der Waals surface area contributed by atoms with Crippen LogP contribution in [0, 0.1) is 5.82 Å². The van der Waals surface area contributed by atoms with Crippen LogP contribution < -0.4 is 5.73 Å². The summed E-state index contributed by atoms with van der Waals surface area (Å²) in [6.45, 7) is 2.05. The van der Waals surface area contributed by atoms with E-state index in [1.54, 1.807) is 12.1 Å². The Morgan fingerprint density at radius 2 is 1.72 bits per heavy atom. The predicted octanol–water partition coefficient (Wildman–Crippen LogP) is 3.20. The van der Waals surface area contributed by atoms with E-state index < -0.39 is 5.82 Å². The van der Waals surface area contributed by atoms with Crippen LogP contribution in [0.1, 0.15) is 28.4 Å². The van der Waals surface area contributed by atoms with Crippen molar-refractivity contribution >= 4 is 11.5 Å². The third-order valence-corrected chi connectivity index (χ3v) is 2.88. The summed E-state index contributed by atoms with van der Waals surface area (Å²) >= 11 is 0. The lowest BCUT2D eigenvalue weighted by atomic mass is 10.0. The third-order valence-electron chi connectivity index (χ3n) is 2.88. The number of aryl methyl sites for hydroxylation is 1. The second-order valence-electron chi connectivity index (χ2n) is 4.12. The third kappa shape index (κ3) is 2.40. The molecule has 92 valence electrons. The van der Waals surface area contributed by atoms with E-state index in [-0.39, 0.29) is 11.5 Å². The number of ketones is 1. The molecule has 2 N–H and O–H groups in total. The highest BCUT2D eigenvalue weighted by Gasteiger charge is 2.10. The van der Waals surface area contributed by atoms with E-state index in [9.17, 15) is 9.18 Å². The number of halogens is 1. The molecule has 0 aliphatic heterocycles. The van der Waals surface area contributed by atoms with E-state index in [0.29, 0.717) is 11.1 Å². The van der Waals surface area contributed by atoms with Crippen LogP contribution in [-0.4, -0.2) is 5.78 Å². The number of hydrogen-bond donors (Lipinski definition) is 1. The fourth-order valence-electron chi connectivity index (χ4n) is 1.74. The molecule has 0 unspecified atom stereocenters. The fraction of sp³-hybridized carbons (Fsp3) is 0.133. The molecule has 2 aromatic rings. The summed E-state index contributed by atoms with van der Waals surface area (Å²) in [5.74, 6) is -0.655. The molecule has 0 heterocycles. The molecule has 0 saturated carbocycles. The molecule has 0 fully saturated rings. The summed E-state index contributed by atoms with van der Waals surface area (Å²) in [6, 6.07) is 11.4. The molecule has 3 heteroatoms. The maximum Gasteiger partial charge on any atom is 0.193 e. The van der Waals surface area contributed by atoms with Gasteiger partial charge in [0.15, 0.2) is 5.78 Å². The zero-order valence-corrected chi connectivity index (χ0v) is 10.1. The Labute approximate surface area is 105 Å². The molecule has 0 aliphatic rings. The van der Waals surface area contributed by atoms with Crippen molar-refractivity contribution < 1.29 is 9.18 Å². The number of rotatable bonds is 3. The van der Waals surface area contributed by atoms with Gasteiger partial charge in [0.1, 0.15) is 5.82 Å². The van der Waals surface area contributed by atoms with Gasteiger partial charge in [-0.2, -0.15) is 0 Å². The van der Waals surface area contributed by atoms with Crippen molar-refractivity contribution in [3.05, 3.63) is 65.0 Å². The van der Waals surface area contributed by atoms with Gasteiger partial charge in [-0.3, -0.25) is 4.79 Å². The number of carbonyl (C=O) groups is 1. The molecule has 0 saturated heterocycles. The first-order chi connectivity index (χ1) is 8.61. The number of nitrogens with two attached hydrogens (primary N) is 1. The normalized spacial score (nSPS) is 10.3. The molecule has 2 nitrogen and oxygen atoms in total. The van der Waals surface area contributed by atoms with Crippen molar-refractivity contribution in [2.45, 2.75) is 13.3 Å². The number of nitrogen functional groups attached to an aromatic ring is 1. The first-order valence-corrected chi connectivity index (χ1v) is 5.80. The van der Waals surface area contributed by atoms with Crippen molar-refractivity contribution in [3.63, 3.8) is 0 Å². The minimum Gasteiger partial charge on any atom is -0.396 e. The van der Waals surface area contributed by atoms with Crippen LogP contribution in [0.25, 0.3) is 0 Å². The Balaban J connectivity index is 2.32. The van der Waals surface area contributed by atoms with E-state index in [2.05, 4.69) is 6.92 Å². The summed E-state index contributed by atoms with van der Waals surface area (Å²) < 4.78 is 13.0. The monoisotopic (exact) mass is 243 g/mol. The van der Waals surface area contributed by atoms with Gasteiger partial charge in [-0.1, -0.05) is 31.2 Å². The summed E-state index contributed by atoms with van der Waals surface area (Å²) in [7, 11) is 0. The summed E-state index contributed by atoms with van der Waals surface area (Å²) in [6.07, 6.45) is 0.929. The van der Waals surface area contributed by atoms with E-state index in [4.69, 9.17) is 5.73 Å². The Kier molecular flexibility index (Phi) is 3.42. The number of benzene rings is 2. The zero-order chi connectivity index (χ0) is 13.1. The summed E-state index contributed by atoms with van der Waals surface area (Å²) in [5, 5.41) is 0. The van der Waals surface area contributed by atoms with Crippen molar-refractivity contribution in [1.29, 1.82) is 0 Å². The van der Waals surface area contributed by atoms with Crippen molar-refractivity contribution in [1.82, 2.24) is 0 Å². The van der Waals surface area contributed by atoms with Crippen molar-refractivity contribution in [2.24, 2.45) is 0 Å². The highest BCUT2D eigenvalue weighted by Crippen LogP contribution is 2.16. The fourth-order valence-corrected chi connectivity index (χ4v) is 1.74. The minimum atomic E-state index is -0.507. The van der Waals surface area contributed by atoms with Crippen LogP contribution in [0.15, 0.2) is 42.5 Å². The second kappa shape index (κ2) is 5.00. The van der Waals surface area contributed by atoms with Crippen molar-refractivity contribution in [2.75, 3.05) is 5.73 Å². The van der Waals surface area contributed by atoms with Gasteiger partial charge >= 0.3 is 0 Å². The molecule has 0 spiro atoms. The van der Waals surface area contributed by atoms with Crippen LogP contribution in [-0.2, 0) is 6.42 Å². The van der Waals surface area contributed by atoms with Crippen LogP contribution in [0.2, 0.25) is 0 Å². The Morgan fingerprint density at radius 3 is 2.28 bits per heavy atom. The molecule has 0 amide bonds. The first-order valence-electron chi connectivity index (χ1n) is 5.80. The van der Waals surface area contributed by atoms with Gasteiger partial charge in [0.25, 0.3) is 0 Å². The lowest BCUT2D eigenvalue weighted by Gasteiger charge is -2.04. The number of anilines is 1. The average Bonchev–Trinajstić information content (AvgIpc) is 2.41. The van der Waals surface area contributed by atoms with Crippen LogP contribution in [0.4, 0.5) is 10.1 Å². The van der Waals surface area contributed by atoms with E-state index in [0.717, 1.165) is 6.42 Å². The van der Waals surface area contributed by atoms with Gasteiger partial charge in [0.2, 0.25) is 0 Å². The molecular weight excluding hydrogens is 229 g/mol. The van der Waals surface area contributed by atoms with E-state index in [1.807, 2.05) is 12.1 Å². The van der Waals surface area contributed by atoms with Gasteiger partial charge in [0, 0.05) is 11.1 Å². The first kappa shape index (κ1) is 12.3. The van der Waals surface area contributed by atoms with Crippen LogP contribution in [0.3, 0.4) is 0 Å². The average molecular weight is 243 g/mol. The van der Waals surface area contributed by atoms with Gasteiger partial charge < -0.3 is 5.73 Å². The lowest BCUT2D eigenvalue weighted by molar-refractivity contribution is 0.103. The maximum absolute atomic E-state index is 13.0. The van der Waals surface area contributed by atoms with Gasteiger partial charge in [0.05, 0.1) is 5.69 Å². The maximum atomic E-state index is 13.0. The van der Waals surface area contributed by atoms with Gasteiger partial charge in [-0.05, 0) is 30.2 Å². The molecule has 18 heavy (non-hydrogen) atoms. The molecular formula is C15H14FNO. The number of hydrogen-bond acceptors (Lipinski definition) is 2.